The Labute approximate surface area is 213 Å². The normalized spacial score (nSPS) is 19.6. The van der Waals surface area contributed by atoms with Crippen LogP contribution in [0.15, 0.2) is 48.5 Å². The van der Waals surface area contributed by atoms with Crippen molar-refractivity contribution in [2.75, 3.05) is 13.1 Å². The minimum atomic E-state index is -0.731. The number of carboxylic acid groups (broad SMARTS) is 1. The van der Waals surface area contributed by atoms with Crippen LogP contribution in [0.2, 0.25) is 0 Å². The van der Waals surface area contributed by atoms with Crippen LogP contribution in [-0.4, -0.2) is 42.1 Å². The van der Waals surface area contributed by atoms with E-state index in [0.29, 0.717) is 60.9 Å². The van der Waals surface area contributed by atoms with Crippen molar-refractivity contribution in [2.45, 2.75) is 50.5 Å². The minimum absolute atomic E-state index is 0.00470. The van der Waals surface area contributed by atoms with Crippen molar-refractivity contribution in [2.24, 2.45) is 5.92 Å². The molecule has 188 valence electrons. The highest BCUT2D eigenvalue weighted by Gasteiger charge is 2.27. The Bertz CT molecular complexity index is 1260. The zero-order valence-electron chi connectivity index (χ0n) is 20.0. The quantitative estimate of drug-likeness (QED) is 0.356. The first-order valence-electron chi connectivity index (χ1n) is 12.6. The Morgan fingerprint density at radius 2 is 1.56 bits per heavy atom. The SMILES string of the molecule is O=C(NCCNC(=O)c1cc2cc(C3CC3)ccc2s1)c1ccc(OC2CCC(C(=O)O)CC2)cc1. The molecule has 2 aliphatic rings. The molecule has 3 aromatic rings. The Morgan fingerprint density at radius 3 is 2.22 bits per heavy atom. The molecule has 5 rings (SSSR count). The fraction of sp³-hybridized carbons (Fsp3) is 0.393. The van der Waals surface area contributed by atoms with E-state index >= 15 is 0 Å². The van der Waals surface area contributed by atoms with Gasteiger partial charge in [0.05, 0.1) is 16.9 Å². The lowest BCUT2D eigenvalue weighted by Crippen LogP contribution is -2.34. The summed E-state index contributed by atoms with van der Waals surface area (Å²) in [5.74, 6) is 0.00982. The number of amides is 2. The summed E-state index contributed by atoms with van der Waals surface area (Å²) in [5.41, 5.74) is 1.87. The lowest BCUT2D eigenvalue weighted by Gasteiger charge is -2.26. The van der Waals surface area contributed by atoms with E-state index in [2.05, 4.69) is 28.8 Å². The zero-order valence-corrected chi connectivity index (χ0v) is 20.8. The molecule has 2 aromatic carbocycles. The predicted octanol–water partition coefficient (Wildman–Crippen LogP) is 4.96. The van der Waals surface area contributed by atoms with Gasteiger partial charge < -0.3 is 20.5 Å². The molecule has 0 bridgehead atoms. The van der Waals surface area contributed by atoms with E-state index in [1.165, 1.54) is 29.7 Å². The molecule has 3 N–H and O–H groups in total. The molecular formula is C28H30N2O5S. The van der Waals surface area contributed by atoms with Gasteiger partial charge in [0.25, 0.3) is 11.8 Å². The second-order valence-corrected chi connectivity index (χ2v) is 10.7. The summed E-state index contributed by atoms with van der Waals surface area (Å²) in [6.07, 6.45) is 5.20. The van der Waals surface area contributed by atoms with Crippen LogP contribution in [0.1, 0.15) is 70.0 Å². The summed E-state index contributed by atoms with van der Waals surface area (Å²) in [6.45, 7) is 0.665. The molecule has 2 aliphatic carbocycles. The molecule has 0 atom stereocenters. The lowest BCUT2D eigenvalue weighted by molar-refractivity contribution is -0.143. The summed E-state index contributed by atoms with van der Waals surface area (Å²) in [5, 5.41) is 15.9. The third kappa shape index (κ3) is 5.87. The Kier molecular flexibility index (Phi) is 7.23. The van der Waals surface area contributed by atoms with Crippen molar-refractivity contribution < 1.29 is 24.2 Å². The van der Waals surface area contributed by atoms with Crippen molar-refractivity contribution in [1.82, 2.24) is 10.6 Å². The average molecular weight is 507 g/mol. The van der Waals surface area contributed by atoms with E-state index in [9.17, 15) is 14.4 Å². The molecule has 0 aliphatic heterocycles. The monoisotopic (exact) mass is 506 g/mol. The van der Waals surface area contributed by atoms with Crippen LogP contribution in [0.5, 0.6) is 5.75 Å². The van der Waals surface area contributed by atoms with Crippen LogP contribution in [0.25, 0.3) is 10.1 Å². The highest BCUT2D eigenvalue weighted by molar-refractivity contribution is 7.20. The van der Waals surface area contributed by atoms with Crippen LogP contribution in [0.4, 0.5) is 0 Å². The van der Waals surface area contributed by atoms with Gasteiger partial charge in [-0.2, -0.15) is 0 Å². The Balaban J connectivity index is 1.04. The van der Waals surface area contributed by atoms with Gasteiger partial charge in [-0.05, 0) is 91.8 Å². The van der Waals surface area contributed by atoms with E-state index in [1.807, 2.05) is 6.07 Å². The number of rotatable bonds is 9. The fourth-order valence-corrected chi connectivity index (χ4v) is 5.65. The topological polar surface area (TPSA) is 105 Å². The number of thiophene rings is 1. The van der Waals surface area contributed by atoms with Crippen LogP contribution >= 0.6 is 11.3 Å². The van der Waals surface area contributed by atoms with Crippen molar-refractivity contribution in [3.63, 3.8) is 0 Å². The highest BCUT2D eigenvalue weighted by atomic mass is 32.1. The molecule has 7 nitrogen and oxygen atoms in total. The van der Waals surface area contributed by atoms with E-state index in [4.69, 9.17) is 9.84 Å². The maximum atomic E-state index is 12.6. The van der Waals surface area contributed by atoms with Gasteiger partial charge in [-0.25, -0.2) is 0 Å². The van der Waals surface area contributed by atoms with Crippen LogP contribution in [0.3, 0.4) is 0 Å². The van der Waals surface area contributed by atoms with Gasteiger partial charge in [0.15, 0.2) is 0 Å². The summed E-state index contributed by atoms with van der Waals surface area (Å²) < 4.78 is 7.07. The number of ether oxygens (including phenoxy) is 1. The van der Waals surface area contributed by atoms with Gasteiger partial charge in [0.1, 0.15) is 5.75 Å². The number of hydrogen-bond acceptors (Lipinski definition) is 5. The third-order valence-corrected chi connectivity index (χ3v) is 8.07. The zero-order chi connectivity index (χ0) is 25.1. The molecule has 0 spiro atoms. The molecule has 0 saturated heterocycles. The van der Waals surface area contributed by atoms with E-state index in [0.717, 1.165) is 10.1 Å². The fourth-order valence-electron chi connectivity index (χ4n) is 4.69. The molecule has 0 unspecified atom stereocenters. The molecule has 1 heterocycles. The smallest absolute Gasteiger partial charge is 0.306 e. The number of aliphatic carboxylic acids is 1. The van der Waals surface area contributed by atoms with Crippen LogP contribution < -0.4 is 15.4 Å². The van der Waals surface area contributed by atoms with Crippen LogP contribution in [-0.2, 0) is 4.79 Å². The molecule has 8 heteroatoms. The van der Waals surface area contributed by atoms with Gasteiger partial charge >= 0.3 is 5.97 Å². The molecule has 2 saturated carbocycles. The van der Waals surface area contributed by atoms with Gasteiger partial charge in [-0.1, -0.05) is 12.1 Å². The maximum Gasteiger partial charge on any atom is 0.306 e. The van der Waals surface area contributed by atoms with Gasteiger partial charge in [0, 0.05) is 23.4 Å². The number of hydrogen-bond donors (Lipinski definition) is 3. The van der Waals surface area contributed by atoms with E-state index < -0.39 is 5.97 Å². The molecule has 1 aromatic heterocycles. The van der Waals surface area contributed by atoms with Crippen molar-refractivity contribution in [1.29, 1.82) is 0 Å². The van der Waals surface area contributed by atoms with Crippen molar-refractivity contribution >= 4 is 39.2 Å². The molecule has 2 amide bonds. The first-order valence-corrected chi connectivity index (χ1v) is 13.4. The van der Waals surface area contributed by atoms with Crippen LogP contribution in [0, 0.1) is 5.92 Å². The minimum Gasteiger partial charge on any atom is -0.490 e. The Hall–Kier alpha value is -3.39. The lowest BCUT2D eigenvalue weighted by atomic mass is 9.87. The summed E-state index contributed by atoms with van der Waals surface area (Å²) in [6, 6.07) is 15.3. The predicted molar refractivity (Wildman–Crippen MR) is 139 cm³/mol. The standard InChI is InChI=1S/C28H30N2O5S/c31-26(18-3-8-22(9-4-18)35-23-10-5-19(6-11-23)28(33)34)29-13-14-30-27(32)25-16-21-15-20(17-1-2-17)7-12-24(21)36-25/h3-4,7-9,12,15-17,19,23H,1-2,5-6,10-11,13-14H2,(H,29,31)(H,30,32)(H,33,34). The first kappa shape index (κ1) is 24.3. The summed E-state index contributed by atoms with van der Waals surface area (Å²) >= 11 is 1.48. The third-order valence-electron chi connectivity index (χ3n) is 6.95. The summed E-state index contributed by atoms with van der Waals surface area (Å²) in [4.78, 5) is 36.8. The number of benzene rings is 2. The first-order chi connectivity index (χ1) is 17.5. The number of carboxylic acids is 1. The number of fused-ring (bicyclic) bond motifs is 1. The number of nitrogens with one attached hydrogen (secondary N) is 2. The van der Waals surface area contributed by atoms with Gasteiger partial charge in [-0.15, -0.1) is 11.3 Å². The number of carbonyl (C=O) groups excluding carboxylic acids is 2. The molecule has 2 fully saturated rings. The molecule has 0 radical (unpaired) electrons. The second kappa shape index (κ2) is 10.7. The Morgan fingerprint density at radius 1 is 0.861 bits per heavy atom. The van der Waals surface area contributed by atoms with Crippen molar-refractivity contribution in [3.05, 3.63) is 64.5 Å². The van der Waals surface area contributed by atoms with E-state index in [-0.39, 0.29) is 23.8 Å². The maximum absolute atomic E-state index is 12.6. The van der Waals surface area contributed by atoms with Crippen molar-refractivity contribution in [3.8, 4) is 5.75 Å². The van der Waals surface area contributed by atoms with Gasteiger partial charge in [-0.3, -0.25) is 14.4 Å². The molecule has 36 heavy (non-hydrogen) atoms. The second-order valence-electron chi connectivity index (χ2n) is 9.65. The highest BCUT2D eigenvalue weighted by Crippen LogP contribution is 2.41. The number of carbonyl (C=O) groups is 3. The largest absolute Gasteiger partial charge is 0.490 e. The van der Waals surface area contributed by atoms with Gasteiger partial charge in [0.2, 0.25) is 0 Å². The molecular weight excluding hydrogens is 476 g/mol. The van der Waals surface area contributed by atoms with E-state index in [1.54, 1.807) is 24.3 Å². The average Bonchev–Trinajstić information content (AvgIpc) is 3.65. The summed E-state index contributed by atoms with van der Waals surface area (Å²) in [7, 11) is 0.